The van der Waals surface area contributed by atoms with Gasteiger partial charge in [-0.3, -0.25) is 9.59 Å². The summed E-state index contributed by atoms with van der Waals surface area (Å²) in [4.78, 5) is 25.6. The van der Waals surface area contributed by atoms with Crippen molar-refractivity contribution >= 4 is 27.3 Å². The predicted molar refractivity (Wildman–Crippen MR) is 83.1 cm³/mol. The van der Waals surface area contributed by atoms with Crippen LogP contribution in [0.15, 0.2) is 17.1 Å². The lowest BCUT2D eigenvalue weighted by atomic mass is 10.1. The summed E-state index contributed by atoms with van der Waals surface area (Å²) in [7, 11) is 1.70. The number of carbonyl (C=O) groups excluding carboxylic acids is 1. The molecule has 1 unspecified atom stereocenters. The number of carbonyl (C=O) groups is 1. The molecule has 1 aliphatic rings. The number of fused-ring (bicyclic) bond motifs is 1. The van der Waals surface area contributed by atoms with E-state index in [1.807, 2.05) is 13.0 Å². The summed E-state index contributed by atoms with van der Waals surface area (Å²) in [6, 6.07) is 1.88. The van der Waals surface area contributed by atoms with Gasteiger partial charge < -0.3 is 14.6 Å². The van der Waals surface area contributed by atoms with Crippen molar-refractivity contribution in [2.24, 2.45) is 7.05 Å². The minimum absolute atomic E-state index is 0.0991. The minimum Gasteiger partial charge on any atom is -0.376 e. The number of hydrogen-bond acceptors (Lipinski definition) is 4. The number of amides is 1. The highest BCUT2D eigenvalue weighted by molar-refractivity contribution is 7.19. The quantitative estimate of drug-likeness (QED) is 0.941. The summed E-state index contributed by atoms with van der Waals surface area (Å²) >= 11 is 1.48. The molecule has 3 rings (SSSR count). The second-order valence-corrected chi connectivity index (χ2v) is 6.61. The van der Waals surface area contributed by atoms with Gasteiger partial charge in [0.05, 0.1) is 17.1 Å². The molecule has 0 aliphatic carbocycles. The number of aromatic nitrogens is 1. The zero-order chi connectivity index (χ0) is 15.0. The fraction of sp³-hybridized carbons (Fsp3) is 0.467. The van der Waals surface area contributed by atoms with Crippen molar-refractivity contribution < 1.29 is 9.53 Å². The predicted octanol–water partition coefficient (Wildman–Crippen LogP) is 1.82. The number of nitrogens with zero attached hydrogens (tertiary/aromatic N) is 1. The molecule has 1 saturated heterocycles. The molecule has 0 spiro atoms. The van der Waals surface area contributed by atoms with E-state index in [0.717, 1.165) is 29.0 Å². The number of pyridine rings is 1. The van der Waals surface area contributed by atoms with E-state index in [1.54, 1.807) is 13.2 Å². The van der Waals surface area contributed by atoms with Crippen molar-refractivity contribution in [3.8, 4) is 0 Å². The number of aryl methyl sites for hydroxylation is 2. The van der Waals surface area contributed by atoms with Crippen molar-refractivity contribution in [2.45, 2.75) is 25.9 Å². The van der Waals surface area contributed by atoms with Crippen molar-refractivity contribution in [3.05, 3.63) is 33.1 Å². The van der Waals surface area contributed by atoms with Crippen LogP contribution in [0.2, 0.25) is 0 Å². The van der Waals surface area contributed by atoms with Crippen LogP contribution >= 0.6 is 11.3 Å². The molecule has 2 aromatic rings. The molecule has 0 saturated carbocycles. The Morgan fingerprint density at radius 3 is 3.10 bits per heavy atom. The maximum absolute atomic E-state index is 12.5. The first-order valence-corrected chi connectivity index (χ1v) is 7.88. The average Bonchev–Trinajstić information content (AvgIpc) is 3.07. The fourth-order valence-corrected chi connectivity index (χ4v) is 3.74. The Morgan fingerprint density at radius 2 is 2.38 bits per heavy atom. The van der Waals surface area contributed by atoms with E-state index in [0.29, 0.717) is 17.5 Å². The Hall–Kier alpha value is -1.66. The van der Waals surface area contributed by atoms with E-state index in [4.69, 9.17) is 4.74 Å². The van der Waals surface area contributed by atoms with E-state index in [9.17, 15) is 9.59 Å². The minimum atomic E-state index is -0.183. The zero-order valence-corrected chi connectivity index (χ0v) is 13.0. The van der Waals surface area contributed by atoms with E-state index in [-0.39, 0.29) is 17.6 Å². The van der Waals surface area contributed by atoms with Gasteiger partial charge in [0.1, 0.15) is 0 Å². The van der Waals surface area contributed by atoms with Crippen LogP contribution in [0.4, 0.5) is 0 Å². The van der Waals surface area contributed by atoms with Gasteiger partial charge in [-0.2, -0.15) is 0 Å². The van der Waals surface area contributed by atoms with Gasteiger partial charge in [0.2, 0.25) is 0 Å². The van der Waals surface area contributed by atoms with Crippen LogP contribution in [-0.2, 0) is 11.8 Å². The zero-order valence-electron chi connectivity index (χ0n) is 12.1. The van der Waals surface area contributed by atoms with Gasteiger partial charge in [-0.25, -0.2) is 0 Å². The molecular formula is C15H18N2O3S. The van der Waals surface area contributed by atoms with E-state index < -0.39 is 0 Å². The van der Waals surface area contributed by atoms with E-state index in [2.05, 4.69) is 5.32 Å². The Morgan fingerprint density at radius 1 is 1.57 bits per heavy atom. The molecule has 0 radical (unpaired) electrons. The number of ether oxygens (including phenoxy) is 1. The molecule has 112 valence electrons. The lowest BCUT2D eigenvalue weighted by Gasteiger charge is -2.11. The lowest BCUT2D eigenvalue weighted by Crippen LogP contribution is -2.32. The van der Waals surface area contributed by atoms with Crippen molar-refractivity contribution in [1.82, 2.24) is 9.88 Å². The van der Waals surface area contributed by atoms with Gasteiger partial charge >= 0.3 is 0 Å². The number of rotatable bonds is 3. The van der Waals surface area contributed by atoms with Crippen LogP contribution in [0, 0.1) is 6.92 Å². The SMILES string of the molecule is Cc1sc2ccn(C)c(=O)c2c1C(=O)NCC1CCCO1. The molecule has 2 aromatic heterocycles. The smallest absolute Gasteiger partial charge is 0.259 e. The standard InChI is InChI=1S/C15H18N2O3S/c1-9-12(14(18)16-8-10-4-3-7-20-10)13-11(21-9)5-6-17(2)15(13)19/h5-6,10H,3-4,7-8H2,1-2H3,(H,16,18). The first-order chi connectivity index (χ1) is 10.1. The summed E-state index contributed by atoms with van der Waals surface area (Å²) in [6.07, 6.45) is 3.85. The molecule has 0 aromatic carbocycles. The van der Waals surface area contributed by atoms with Crippen LogP contribution in [-0.4, -0.2) is 29.7 Å². The van der Waals surface area contributed by atoms with Gasteiger partial charge in [-0.05, 0) is 25.8 Å². The van der Waals surface area contributed by atoms with Crippen LogP contribution in [0.1, 0.15) is 28.1 Å². The molecule has 1 aliphatic heterocycles. The normalized spacial score (nSPS) is 18.3. The largest absolute Gasteiger partial charge is 0.376 e. The molecule has 1 atom stereocenters. The van der Waals surface area contributed by atoms with Gasteiger partial charge in [-0.1, -0.05) is 0 Å². The van der Waals surface area contributed by atoms with E-state index >= 15 is 0 Å². The molecule has 21 heavy (non-hydrogen) atoms. The highest BCUT2D eigenvalue weighted by Gasteiger charge is 2.21. The molecule has 0 bridgehead atoms. The molecular weight excluding hydrogens is 288 g/mol. The summed E-state index contributed by atoms with van der Waals surface area (Å²) in [5.74, 6) is -0.183. The topological polar surface area (TPSA) is 60.3 Å². The Balaban J connectivity index is 1.91. The monoisotopic (exact) mass is 306 g/mol. The van der Waals surface area contributed by atoms with Gasteiger partial charge in [0.15, 0.2) is 0 Å². The van der Waals surface area contributed by atoms with Gasteiger partial charge in [0, 0.05) is 36.0 Å². The highest BCUT2D eigenvalue weighted by atomic mass is 32.1. The summed E-state index contributed by atoms with van der Waals surface area (Å²) in [5, 5.41) is 3.42. The maximum atomic E-state index is 12.5. The first-order valence-electron chi connectivity index (χ1n) is 7.06. The third-order valence-electron chi connectivity index (χ3n) is 3.84. The van der Waals surface area contributed by atoms with Crippen molar-refractivity contribution in [2.75, 3.05) is 13.2 Å². The van der Waals surface area contributed by atoms with Gasteiger partial charge in [-0.15, -0.1) is 11.3 Å². The molecule has 1 fully saturated rings. The third kappa shape index (κ3) is 2.61. The van der Waals surface area contributed by atoms with Crippen LogP contribution in [0.25, 0.3) is 10.1 Å². The molecule has 3 heterocycles. The summed E-state index contributed by atoms with van der Waals surface area (Å²) in [6.45, 7) is 3.15. The Bertz CT molecular complexity index is 741. The van der Waals surface area contributed by atoms with Crippen LogP contribution in [0.5, 0.6) is 0 Å². The number of nitrogens with one attached hydrogen (secondary N) is 1. The highest BCUT2D eigenvalue weighted by Crippen LogP contribution is 2.28. The Labute approximate surface area is 126 Å². The molecule has 5 nitrogen and oxygen atoms in total. The lowest BCUT2D eigenvalue weighted by molar-refractivity contribution is 0.0859. The first kappa shape index (κ1) is 14.3. The van der Waals surface area contributed by atoms with Crippen molar-refractivity contribution in [3.63, 3.8) is 0 Å². The van der Waals surface area contributed by atoms with E-state index in [1.165, 1.54) is 15.9 Å². The molecule has 6 heteroatoms. The Kier molecular flexibility index (Phi) is 3.82. The van der Waals surface area contributed by atoms with Crippen LogP contribution < -0.4 is 10.9 Å². The van der Waals surface area contributed by atoms with Crippen molar-refractivity contribution in [1.29, 1.82) is 0 Å². The number of thiophene rings is 1. The number of hydrogen-bond donors (Lipinski definition) is 1. The molecule has 1 amide bonds. The third-order valence-corrected chi connectivity index (χ3v) is 4.91. The summed E-state index contributed by atoms with van der Waals surface area (Å²) in [5.41, 5.74) is 0.383. The second kappa shape index (κ2) is 5.61. The average molecular weight is 306 g/mol. The fourth-order valence-electron chi connectivity index (χ4n) is 2.69. The molecule has 1 N–H and O–H groups in total. The summed E-state index contributed by atoms with van der Waals surface area (Å²) < 4.78 is 7.87. The second-order valence-electron chi connectivity index (χ2n) is 5.35. The van der Waals surface area contributed by atoms with Crippen LogP contribution in [0.3, 0.4) is 0 Å². The van der Waals surface area contributed by atoms with Gasteiger partial charge in [0.25, 0.3) is 11.5 Å². The maximum Gasteiger partial charge on any atom is 0.259 e.